The van der Waals surface area contributed by atoms with Crippen LogP contribution in [0.1, 0.15) is 6.42 Å². The zero-order valence-electron chi connectivity index (χ0n) is 18.8. The molecule has 0 aliphatic heterocycles. The maximum absolute atomic E-state index is 13.1. The number of halogens is 2. The average Bonchev–Trinajstić information content (AvgIpc) is 3.15. The van der Waals surface area contributed by atoms with Gasteiger partial charge in [-0.3, -0.25) is 9.69 Å². The number of sulfone groups is 2. The molecular weight excluding hydrogens is 541 g/mol. The molecule has 0 unspecified atom stereocenters. The molecule has 3 rings (SSSR count). The minimum absolute atomic E-state index is 0. The Bertz CT molecular complexity index is 1370. The number of nitrogens with zero attached hydrogens (tertiary/aromatic N) is 3. The normalized spacial score (nSPS) is 12.0. The molecule has 0 saturated carbocycles. The third-order valence-electron chi connectivity index (χ3n) is 4.84. The number of anilines is 1. The van der Waals surface area contributed by atoms with Crippen LogP contribution in [0.3, 0.4) is 0 Å². The van der Waals surface area contributed by atoms with Crippen molar-refractivity contribution in [3.63, 3.8) is 0 Å². The van der Waals surface area contributed by atoms with Crippen LogP contribution < -0.4 is 4.90 Å². The molecule has 0 aliphatic rings. The number of carbonyl (C=O) groups is 1. The van der Waals surface area contributed by atoms with Crippen molar-refractivity contribution in [1.82, 2.24) is 9.88 Å². The predicted molar refractivity (Wildman–Crippen MR) is 139 cm³/mol. The summed E-state index contributed by atoms with van der Waals surface area (Å²) in [7, 11) is -3.32. The van der Waals surface area contributed by atoms with E-state index in [1.54, 1.807) is 6.07 Å². The first-order valence-electron chi connectivity index (χ1n) is 9.91. The summed E-state index contributed by atoms with van der Waals surface area (Å²) in [6.07, 6.45) is 0.910. The maximum Gasteiger partial charge on any atom is 0.229 e. The van der Waals surface area contributed by atoms with Gasteiger partial charge in [-0.25, -0.2) is 21.8 Å². The van der Waals surface area contributed by atoms with Gasteiger partial charge in [0.25, 0.3) is 0 Å². The van der Waals surface area contributed by atoms with Crippen LogP contribution in [0, 0.1) is 0 Å². The van der Waals surface area contributed by atoms with Gasteiger partial charge in [0.1, 0.15) is 0 Å². The second-order valence-corrected chi connectivity index (χ2v) is 13.3. The Hall–Kier alpha value is -1.76. The second kappa shape index (κ2) is 11.3. The fraction of sp³-hybridized carbons (Fsp3) is 0.333. The first-order valence-corrected chi connectivity index (χ1v) is 14.6. The Labute approximate surface area is 214 Å². The molecule has 186 valence electrons. The van der Waals surface area contributed by atoms with Crippen LogP contribution in [0.25, 0.3) is 10.2 Å². The van der Waals surface area contributed by atoms with Crippen molar-refractivity contribution in [2.45, 2.75) is 16.2 Å². The first kappa shape index (κ1) is 28.5. The van der Waals surface area contributed by atoms with Gasteiger partial charge in [0.05, 0.1) is 25.8 Å². The van der Waals surface area contributed by atoms with E-state index < -0.39 is 19.7 Å². The van der Waals surface area contributed by atoms with Gasteiger partial charge in [-0.05, 0) is 56.6 Å². The fourth-order valence-corrected chi connectivity index (χ4v) is 6.11. The highest BCUT2D eigenvalue weighted by Gasteiger charge is 2.23. The lowest BCUT2D eigenvalue weighted by Gasteiger charge is -2.22. The van der Waals surface area contributed by atoms with Crippen LogP contribution in [0.5, 0.6) is 0 Å². The number of thiazole rings is 1. The molecule has 0 spiro atoms. The Morgan fingerprint density at radius 2 is 1.62 bits per heavy atom. The van der Waals surface area contributed by atoms with Crippen LogP contribution in [-0.2, 0) is 24.5 Å². The van der Waals surface area contributed by atoms with E-state index in [4.69, 9.17) is 11.6 Å². The highest BCUT2D eigenvalue weighted by molar-refractivity contribution is 7.91. The molecule has 0 bridgehead atoms. The van der Waals surface area contributed by atoms with E-state index in [0.717, 1.165) is 6.26 Å². The van der Waals surface area contributed by atoms with E-state index in [2.05, 4.69) is 4.98 Å². The van der Waals surface area contributed by atoms with E-state index >= 15 is 0 Å². The van der Waals surface area contributed by atoms with Crippen LogP contribution >= 0.6 is 35.3 Å². The number of hydrogen-bond donors (Lipinski definition) is 0. The van der Waals surface area contributed by atoms with Crippen molar-refractivity contribution >= 4 is 76.3 Å². The number of rotatable bonds is 9. The average molecular weight is 567 g/mol. The minimum atomic E-state index is -3.67. The Morgan fingerprint density at radius 3 is 2.21 bits per heavy atom. The fourth-order valence-electron chi connectivity index (χ4n) is 2.98. The molecule has 0 atom stereocenters. The number of carbonyl (C=O) groups excluding carboxylic acids is 1. The maximum atomic E-state index is 13.1. The summed E-state index contributed by atoms with van der Waals surface area (Å²) in [4.78, 5) is 21.2. The molecular formula is C21H25Cl2N3O5S3. The van der Waals surface area contributed by atoms with Crippen LogP contribution in [0.15, 0.2) is 52.3 Å². The van der Waals surface area contributed by atoms with Crippen molar-refractivity contribution in [2.24, 2.45) is 0 Å². The van der Waals surface area contributed by atoms with Crippen molar-refractivity contribution in [2.75, 3.05) is 44.1 Å². The lowest BCUT2D eigenvalue weighted by atomic mass is 10.3. The van der Waals surface area contributed by atoms with E-state index in [9.17, 15) is 21.6 Å². The van der Waals surface area contributed by atoms with Gasteiger partial charge in [-0.1, -0.05) is 22.9 Å². The van der Waals surface area contributed by atoms with Gasteiger partial charge in [0, 0.05) is 30.8 Å². The molecule has 8 nitrogen and oxygen atoms in total. The standard InChI is InChI=1S/C21H24ClN3O5S3.ClH/c1-24(2)11-12-25(20(26)10-13-33(29,30)16-6-4-15(22)5-7-16)21-23-18-9-8-17(32(3,27)28)14-19(18)31-21;/h4-9,14H,10-13H2,1-3H3;1H. The van der Waals surface area contributed by atoms with Gasteiger partial charge in [-0.15, -0.1) is 12.4 Å². The summed E-state index contributed by atoms with van der Waals surface area (Å²) in [6.45, 7) is 0.853. The monoisotopic (exact) mass is 565 g/mol. The quantitative estimate of drug-likeness (QED) is 0.390. The van der Waals surface area contributed by atoms with Gasteiger partial charge in [-0.2, -0.15) is 0 Å². The number of aromatic nitrogens is 1. The molecule has 0 aliphatic carbocycles. The van der Waals surface area contributed by atoms with Gasteiger partial charge < -0.3 is 4.90 Å². The molecule has 1 heterocycles. The highest BCUT2D eigenvalue weighted by atomic mass is 35.5. The Kier molecular flexibility index (Phi) is 9.48. The molecule has 34 heavy (non-hydrogen) atoms. The second-order valence-electron chi connectivity index (χ2n) is 7.77. The number of fused-ring (bicyclic) bond motifs is 1. The highest BCUT2D eigenvalue weighted by Crippen LogP contribution is 2.31. The van der Waals surface area contributed by atoms with Crippen molar-refractivity contribution in [3.8, 4) is 0 Å². The molecule has 0 radical (unpaired) electrons. The van der Waals surface area contributed by atoms with Crippen molar-refractivity contribution < 1.29 is 21.6 Å². The third-order valence-corrected chi connectivity index (χ3v) is 8.97. The lowest BCUT2D eigenvalue weighted by molar-refractivity contribution is -0.118. The number of likely N-dealkylation sites (N-methyl/N-ethyl adjacent to an activating group) is 1. The number of benzene rings is 2. The van der Waals surface area contributed by atoms with Gasteiger partial charge in [0.15, 0.2) is 24.8 Å². The molecule has 0 fully saturated rings. The summed E-state index contributed by atoms with van der Waals surface area (Å²) >= 11 is 7.02. The summed E-state index contributed by atoms with van der Waals surface area (Å²) < 4.78 is 49.7. The minimum Gasteiger partial charge on any atom is -0.308 e. The van der Waals surface area contributed by atoms with Gasteiger partial charge >= 0.3 is 0 Å². The Morgan fingerprint density at radius 1 is 1.00 bits per heavy atom. The zero-order chi connectivity index (χ0) is 24.4. The third kappa shape index (κ3) is 7.12. The zero-order valence-corrected chi connectivity index (χ0v) is 22.8. The van der Waals surface area contributed by atoms with Crippen LogP contribution in [0.2, 0.25) is 5.02 Å². The molecule has 2 aromatic carbocycles. The molecule has 13 heteroatoms. The molecule has 1 aromatic heterocycles. The summed E-state index contributed by atoms with van der Waals surface area (Å²) in [5.74, 6) is -0.730. The number of hydrogen-bond acceptors (Lipinski definition) is 8. The first-order chi connectivity index (χ1) is 15.4. The van der Waals surface area contributed by atoms with E-state index in [1.165, 1.54) is 52.6 Å². The van der Waals surface area contributed by atoms with Crippen LogP contribution in [0.4, 0.5) is 5.13 Å². The van der Waals surface area contributed by atoms with Crippen LogP contribution in [-0.4, -0.2) is 71.8 Å². The predicted octanol–water partition coefficient (Wildman–Crippen LogP) is 3.53. The topological polar surface area (TPSA) is 105 Å². The summed E-state index contributed by atoms with van der Waals surface area (Å²) in [6, 6.07) is 10.4. The smallest absolute Gasteiger partial charge is 0.229 e. The molecule has 0 saturated heterocycles. The summed E-state index contributed by atoms with van der Waals surface area (Å²) in [5.41, 5.74) is 0.568. The van der Waals surface area contributed by atoms with Gasteiger partial charge in [0.2, 0.25) is 5.91 Å². The largest absolute Gasteiger partial charge is 0.308 e. The molecule has 0 N–H and O–H groups in total. The van der Waals surface area contributed by atoms with E-state index in [0.29, 0.717) is 33.5 Å². The SMILES string of the molecule is CN(C)CCN(C(=O)CCS(=O)(=O)c1ccc(Cl)cc1)c1nc2ccc(S(C)(=O)=O)cc2s1.Cl. The lowest BCUT2D eigenvalue weighted by Crippen LogP contribution is -2.37. The Balaban J connectivity index is 0.00000408. The summed E-state index contributed by atoms with van der Waals surface area (Å²) in [5, 5.41) is 0.821. The number of amides is 1. The molecule has 3 aromatic rings. The van der Waals surface area contributed by atoms with Crippen molar-refractivity contribution in [1.29, 1.82) is 0 Å². The molecule has 1 amide bonds. The van der Waals surface area contributed by atoms with Crippen molar-refractivity contribution in [3.05, 3.63) is 47.5 Å². The van der Waals surface area contributed by atoms with E-state index in [1.807, 2.05) is 19.0 Å². The van der Waals surface area contributed by atoms with E-state index in [-0.39, 0.29) is 40.3 Å².